The maximum atomic E-state index is 10.6. The molecule has 1 aromatic heterocycles. The number of nitro groups is 1. The highest BCUT2D eigenvalue weighted by Crippen LogP contribution is 2.20. The van der Waals surface area contributed by atoms with Gasteiger partial charge in [-0.15, -0.1) is 0 Å². The van der Waals surface area contributed by atoms with Crippen LogP contribution in [0.5, 0.6) is 0 Å². The molecule has 1 aromatic carbocycles. The first kappa shape index (κ1) is 11.5. The Morgan fingerprint density at radius 2 is 2.35 bits per heavy atom. The van der Waals surface area contributed by atoms with Gasteiger partial charge in [0, 0.05) is 24.6 Å². The Balaban J connectivity index is 2.38. The number of ether oxygens (including phenoxy) is 1. The quantitative estimate of drug-likeness (QED) is 0.600. The fourth-order valence-corrected chi connectivity index (χ4v) is 1.65. The van der Waals surface area contributed by atoms with Gasteiger partial charge < -0.3 is 4.74 Å². The SMILES string of the molecule is CO[C@H](C)Cn1ncc2cc([N+](=O)[O-])ccc21. The topological polar surface area (TPSA) is 70.2 Å². The summed E-state index contributed by atoms with van der Waals surface area (Å²) in [6.45, 7) is 2.57. The standard InChI is InChI=1S/C11H13N3O3/c1-8(17-2)7-13-11-4-3-10(14(15)16)5-9(11)6-12-13/h3-6,8H,7H2,1-2H3/t8-/m1/s1. The largest absolute Gasteiger partial charge is 0.380 e. The summed E-state index contributed by atoms with van der Waals surface area (Å²) in [5.74, 6) is 0. The van der Waals surface area contributed by atoms with Crippen LogP contribution in [0, 0.1) is 10.1 Å². The summed E-state index contributed by atoms with van der Waals surface area (Å²) in [4.78, 5) is 10.2. The van der Waals surface area contributed by atoms with Crippen LogP contribution < -0.4 is 0 Å². The monoisotopic (exact) mass is 235 g/mol. The van der Waals surface area contributed by atoms with Crippen LogP contribution in [0.3, 0.4) is 0 Å². The van der Waals surface area contributed by atoms with Gasteiger partial charge in [0.25, 0.3) is 5.69 Å². The zero-order chi connectivity index (χ0) is 12.4. The zero-order valence-corrected chi connectivity index (χ0v) is 9.66. The van der Waals surface area contributed by atoms with Crippen molar-refractivity contribution in [2.75, 3.05) is 7.11 Å². The molecule has 0 saturated carbocycles. The minimum Gasteiger partial charge on any atom is -0.380 e. The van der Waals surface area contributed by atoms with Crippen LogP contribution in [-0.4, -0.2) is 27.9 Å². The number of benzene rings is 1. The van der Waals surface area contributed by atoms with Crippen molar-refractivity contribution in [2.45, 2.75) is 19.6 Å². The summed E-state index contributed by atoms with van der Waals surface area (Å²) in [6, 6.07) is 4.72. The fourth-order valence-electron chi connectivity index (χ4n) is 1.65. The van der Waals surface area contributed by atoms with Crippen LogP contribution in [0.2, 0.25) is 0 Å². The number of rotatable bonds is 4. The lowest BCUT2D eigenvalue weighted by atomic mass is 10.2. The van der Waals surface area contributed by atoms with Crippen LogP contribution >= 0.6 is 0 Å². The molecule has 1 heterocycles. The molecule has 2 aromatic rings. The predicted octanol–water partition coefficient (Wildman–Crippen LogP) is 1.98. The molecule has 0 aliphatic rings. The molecule has 0 amide bonds. The molecule has 90 valence electrons. The Hall–Kier alpha value is -1.95. The molecule has 0 aliphatic carbocycles. The number of aromatic nitrogens is 2. The first-order valence-corrected chi connectivity index (χ1v) is 5.24. The van der Waals surface area contributed by atoms with E-state index in [9.17, 15) is 10.1 Å². The first-order valence-electron chi connectivity index (χ1n) is 5.24. The summed E-state index contributed by atoms with van der Waals surface area (Å²) in [5, 5.41) is 15.6. The summed E-state index contributed by atoms with van der Waals surface area (Å²) in [5.41, 5.74) is 0.955. The van der Waals surface area contributed by atoms with Gasteiger partial charge in [0.2, 0.25) is 0 Å². The molecule has 17 heavy (non-hydrogen) atoms. The molecule has 0 aliphatic heterocycles. The molecule has 0 N–H and O–H groups in total. The molecule has 0 bridgehead atoms. The van der Waals surface area contributed by atoms with Crippen molar-refractivity contribution < 1.29 is 9.66 Å². The van der Waals surface area contributed by atoms with Gasteiger partial charge in [0.15, 0.2) is 0 Å². The second-order valence-corrected chi connectivity index (χ2v) is 3.87. The third-order valence-electron chi connectivity index (χ3n) is 2.67. The number of methoxy groups -OCH3 is 1. The van der Waals surface area contributed by atoms with Crippen molar-refractivity contribution in [1.29, 1.82) is 0 Å². The van der Waals surface area contributed by atoms with Crippen LogP contribution in [-0.2, 0) is 11.3 Å². The van der Waals surface area contributed by atoms with Gasteiger partial charge in [-0.25, -0.2) is 0 Å². The zero-order valence-electron chi connectivity index (χ0n) is 9.66. The molecule has 0 spiro atoms. The maximum absolute atomic E-state index is 10.6. The van der Waals surface area contributed by atoms with E-state index >= 15 is 0 Å². The molecular weight excluding hydrogens is 222 g/mol. The molecule has 0 fully saturated rings. The minimum absolute atomic E-state index is 0.0493. The maximum Gasteiger partial charge on any atom is 0.270 e. The lowest BCUT2D eigenvalue weighted by Crippen LogP contribution is -2.15. The van der Waals surface area contributed by atoms with E-state index in [4.69, 9.17) is 4.74 Å². The van der Waals surface area contributed by atoms with Crippen molar-refractivity contribution in [2.24, 2.45) is 0 Å². The van der Waals surface area contributed by atoms with E-state index in [0.717, 1.165) is 10.9 Å². The Morgan fingerprint density at radius 1 is 1.59 bits per heavy atom. The number of non-ortho nitro benzene ring substituents is 1. The molecule has 6 heteroatoms. The van der Waals surface area contributed by atoms with Gasteiger partial charge >= 0.3 is 0 Å². The van der Waals surface area contributed by atoms with E-state index in [1.807, 2.05) is 6.92 Å². The molecule has 0 unspecified atom stereocenters. The number of nitrogens with zero attached hydrogens (tertiary/aromatic N) is 3. The van der Waals surface area contributed by atoms with Crippen LogP contribution in [0.15, 0.2) is 24.4 Å². The predicted molar refractivity (Wildman–Crippen MR) is 62.9 cm³/mol. The highest BCUT2D eigenvalue weighted by molar-refractivity contribution is 5.81. The van der Waals surface area contributed by atoms with E-state index in [1.165, 1.54) is 12.1 Å². The Labute approximate surface area is 97.9 Å². The van der Waals surface area contributed by atoms with Crippen molar-refractivity contribution >= 4 is 16.6 Å². The Bertz CT molecular complexity index is 550. The smallest absolute Gasteiger partial charge is 0.270 e. The van der Waals surface area contributed by atoms with Gasteiger partial charge in [-0.1, -0.05) is 0 Å². The first-order chi connectivity index (χ1) is 8.11. The lowest BCUT2D eigenvalue weighted by molar-refractivity contribution is -0.384. The van der Waals surface area contributed by atoms with E-state index in [1.54, 1.807) is 24.1 Å². The number of hydrogen-bond acceptors (Lipinski definition) is 4. The van der Waals surface area contributed by atoms with E-state index in [-0.39, 0.29) is 11.8 Å². The normalized spacial score (nSPS) is 12.8. The van der Waals surface area contributed by atoms with Crippen LogP contribution in [0.25, 0.3) is 10.9 Å². The molecule has 0 radical (unpaired) electrons. The highest BCUT2D eigenvalue weighted by atomic mass is 16.6. The van der Waals surface area contributed by atoms with E-state index < -0.39 is 4.92 Å². The molecule has 6 nitrogen and oxygen atoms in total. The third kappa shape index (κ3) is 2.26. The third-order valence-corrected chi connectivity index (χ3v) is 2.67. The number of fused-ring (bicyclic) bond motifs is 1. The molecule has 1 atom stereocenters. The Kier molecular flexibility index (Phi) is 3.06. The van der Waals surface area contributed by atoms with E-state index in [0.29, 0.717) is 6.54 Å². The summed E-state index contributed by atoms with van der Waals surface area (Å²) >= 11 is 0. The van der Waals surface area contributed by atoms with Gasteiger partial charge in [0.1, 0.15) is 0 Å². The molecule has 2 rings (SSSR count). The van der Waals surface area contributed by atoms with Crippen molar-refractivity contribution in [3.63, 3.8) is 0 Å². The van der Waals surface area contributed by atoms with Gasteiger partial charge in [-0.05, 0) is 13.0 Å². The van der Waals surface area contributed by atoms with Crippen molar-refractivity contribution in [1.82, 2.24) is 9.78 Å². The fraction of sp³-hybridized carbons (Fsp3) is 0.364. The van der Waals surface area contributed by atoms with Crippen LogP contribution in [0.1, 0.15) is 6.92 Å². The lowest BCUT2D eigenvalue weighted by Gasteiger charge is -2.09. The number of nitro benzene ring substituents is 1. The highest BCUT2D eigenvalue weighted by Gasteiger charge is 2.11. The van der Waals surface area contributed by atoms with E-state index in [2.05, 4.69) is 5.10 Å². The summed E-state index contributed by atoms with van der Waals surface area (Å²) < 4.78 is 6.95. The minimum atomic E-state index is -0.408. The van der Waals surface area contributed by atoms with Gasteiger partial charge in [-0.2, -0.15) is 5.10 Å². The average Bonchev–Trinajstić information content (AvgIpc) is 2.71. The summed E-state index contributed by atoms with van der Waals surface area (Å²) in [6.07, 6.45) is 1.68. The van der Waals surface area contributed by atoms with Crippen LogP contribution in [0.4, 0.5) is 5.69 Å². The van der Waals surface area contributed by atoms with Gasteiger partial charge in [-0.3, -0.25) is 14.8 Å². The molecule has 0 saturated heterocycles. The Morgan fingerprint density at radius 3 is 3.00 bits per heavy atom. The van der Waals surface area contributed by atoms with Crippen molar-refractivity contribution in [3.8, 4) is 0 Å². The number of hydrogen-bond donors (Lipinski definition) is 0. The van der Waals surface area contributed by atoms with Gasteiger partial charge in [0.05, 0.1) is 29.3 Å². The second-order valence-electron chi connectivity index (χ2n) is 3.87. The molecular formula is C11H13N3O3. The second kappa shape index (κ2) is 4.50. The average molecular weight is 235 g/mol. The summed E-state index contributed by atoms with van der Waals surface area (Å²) in [7, 11) is 1.64. The van der Waals surface area contributed by atoms with Crippen molar-refractivity contribution in [3.05, 3.63) is 34.5 Å².